The van der Waals surface area contributed by atoms with Gasteiger partial charge in [0.1, 0.15) is 0 Å². The molecule has 0 aliphatic rings. The first-order valence-electron chi connectivity index (χ1n) is 0. The molecule has 0 atom stereocenters. The van der Waals surface area contributed by atoms with Gasteiger partial charge in [0.05, 0.1) is 0 Å². The van der Waals surface area contributed by atoms with Crippen LogP contribution in [0.5, 0.6) is 0 Å². The normalized spacial score (nSPS) is 0. The molecule has 0 aliphatic heterocycles. The van der Waals surface area contributed by atoms with Gasteiger partial charge in [0.15, 0.2) is 0 Å². The topological polar surface area (TPSA) is 0 Å². The van der Waals surface area contributed by atoms with Crippen molar-refractivity contribution in [2.75, 3.05) is 0 Å². The van der Waals surface area contributed by atoms with Crippen LogP contribution in [0.3, 0.4) is 0 Å². The minimum Gasteiger partial charge on any atom is -0.358 e. The van der Waals surface area contributed by atoms with Gasteiger partial charge in [-0.05, 0) is 0 Å². The van der Waals surface area contributed by atoms with E-state index in [0.717, 1.165) is 0 Å². The molecular formula is C2H6UWY-2. The Morgan fingerprint density at radius 2 is 0.800 bits per heavy atom. The van der Waals surface area contributed by atoms with Crippen molar-refractivity contribution in [2.45, 2.75) is 0 Å². The SMILES string of the molecule is [CH3-].[CH3-].[U].[W].[Y]. The molecule has 0 spiro atoms. The molecule has 0 bridgehead atoms. The third kappa shape index (κ3) is 19.9. The molecule has 0 unspecified atom stereocenters. The molecule has 0 nitrogen and oxygen atoms in total. The maximum atomic E-state index is 0. The van der Waals surface area contributed by atoms with E-state index in [1.165, 1.54) is 0 Å². The maximum Gasteiger partial charge on any atom is 0 e. The van der Waals surface area contributed by atoms with Crippen LogP contribution in [0.4, 0.5) is 0 Å². The van der Waals surface area contributed by atoms with Crippen LogP contribution in [0.1, 0.15) is 0 Å². The molecule has 0 fully saturated rings. The van der Waals surface area contributed by atoms with Gasteiger partial charge in [0, 0.05) is 84.9 Å². The van der Waals surface area contributed by atoms with Crippen LogP contribution in [0.25, 0.3) is 0 Å². The van der Waals surface area contributed by atoms with Crippen LogP contribution >= 0.6 is 0 Å². The van der Waals surface area contributed by atoms with Crippen molar-refractivity contribution in [3.05, 3.63) is 14.9 Å². The van der Waals surface area contributed by atoms with Gasteiger partial charge in [-0.2, -0.15) is 0 Å². The predicted molar refractivity (Wildman–Crippen MR) is 12.8 cm³/mol. The first kappa shape index (κ1) is 45.4. The van der Waals surface area contributed by atoms with Gasteiger partial charge < -0.3 is 14.9 Å². The number of hydrogen-bond acceptors (Lipinski definition) is 0. The van der Waals surface area contributed by atoms with Gasteiger partial charge >= 0.3 is 0 Å². The summed E-state index contributed by atoms with van der Waals surface area (Å²) in [5, 5.41) is 0. The van der Waals surface area contributed by atoms with Crippen LogP contribution < -0.4 is 0 Å². The molecule has 5 heavy (non-hydrogen) atoms. The summed E-state index contributed by atoms with van der Waals surface area (Å²) in [4.78, 5) is 0. The Kier molecular flexibility index (Phi) is 263. The van der Waals surface area contributed by atoms with Crippen molar-refractivity contribution in [1.82, 2.24) is 0 Å². The maximum absolute atomic E-state index is 0. The van der Waals surface area contributed by atoms with Crippen molar-refractivity contribution >= 4 is 0 Å². The van der Waals surface area contributed by atoms with E-state index in [1.807, 2.05) is 0 Å². The molecule has 0 heterocycles. The van der Waals surface area contributed by atoms with Gasteiger partial charge in [0.25, 0.3) is 0 Å². The van der Waals surface area contributed by atoms with Gasteiger partial charge in [-0.3, -0.25) is 0 Å². The zero-order chi connectivity index (χ0) is 0. The summed E-state index contributed by atoms with van der Waals surface area (Å²) in [5.41, 5.74) is 0. The zero-order valence-corrected chi connectivity index (χ0v) is 13.4. The van der Waals surface area contributed by atoms with Gasteiger partial charge in [0.2, 0.25) is 0 Å². The second kappa shape index (κ2) is 28.9. The molecule has 1 radical (unpaired) electrons. The van der Waals surface area contributed by atoms with E-state index in [4.69, 9.17) is 0 Å². The van der Waals surface area contributed by atoms with Crippen LogP contribution in [0.2, 0.25) is 0 Å². The monoisotopic (exact) mass is 541 g/mol. The van der Waals surface area contributed by atoms with E-state index in [0.29, 0.717) is 0 Å². The summed E-state index contributed by atoms with van der Waals surface area (Å²) in [5.74, 6) is 0. The Labute approximate surface area is 97.8 Å². The molecule has 0 amide bonds. The molecule has 0 saturated carbocycles. The van der Waals surface area contributed by atoms with E-state index in [2.05, 4.69) is 0 Å². The smallest absolute Gasteiger partial charge is 0 e. The molecule has 0 aromatic rings. The molecule has 0 saturated heterocycles. The van der Waals surface area contributed by atoms with E-state index < -0.39 is 0 Å². The number of rotatable bonds is 0. The average molecular weight is 541 g/mol. The molecule has 0 rings (SSSR count). The van der Waals surface area contributed by atoms with Crippen molar-refractivity contribution in [2.24, 2.45) is 0 Å². The minimum absolute atomic E-state index is 0. The summed E-state index contributed by atoms with van der Waals surface area (Å²) in [6.45, 7) is 0. The predicted octanol–water partition coefficient (Wildman–Crippen LogP) is 0.896. The minimum atomic E-state index is 0. The van der Waals surface area contributed by atoms with Crippen molar-refractivity contribution < 1.29 is 84.9 Å². The Hall–Kier alpha value is 2.84. The fourth-order valence-electron chi connectivity index (χ4n) is 0. The van der Waals surface area contributed by atoms with E-state index in [1.54, 1.807) is 0 Å². The molecule has 0 aromatic heterocycles. The molecular weight excluding hydrogens is 535 g/mol. The zero-order valence-electron chi connectivity index (χ0n) is 3.49. The Morgan fingerprint density at radius 1 is 0.800 bits per heavy atom. The third-order valence-electron chi connectivity index (χ3n) is 0. The van der Waals surface area contributed by atoms with Crippen molar-refractivity contribution in [3.63, 3.8) is 0 Å². The van der Waals surface area contributed by atoms with Crippen LogP contribution in [0.15, 0.2) is 0 Å². The summed E-state index contributed by atoms with van der Waals surface area (Å²) < 4.78 is 0. The second-order valence-electron chi connectivity index (χ2n) is 0. The number of hydrogen-bond donors (Lipinski definition) is 0. The van der Waals surface area contributed by atoms with Crippen LogP contribution in [-0.4, -0.2) is 0 Å². The quantitative estimate of drug-likeness (QED) is 0.401. The molecule has 0 aliphatic carbocycles. The third-order valence-corrected chi connectivity index (χ3v) is 0. The summed E-state index contributed by atoms with van der Waals surface area (Å²) in [6.07, 6.45) is 0. The fourth-order valence-corrected chi connectivity index (χ4v) is 0. The van der Waals surface area contributed by atoms with Crippen LogP contribution in [0, 0.1) is 46.0 Å². The standard InChI is InChI=1S/2CH3.U.W.Y/h2*1H3;;;/q2*-1;;;. The summed E-state index contributed by atoms with van der Waals surface area (Å²) in [6, 6.07) is 0. The Balaban J connectivity index is 0. The van der Waals surface area contributed by atoms with Gasteiger partial charge in [-0.15, -0.1) is 0 Å². The largest absolute Gasteiger partial charge is 0.358 e. The molecule has 0 N–H and O–H groups in total. The molecule has 3 heteroatoms. The summed E-state index contributed by atoms with van der Waals surface area (Å²) >= 11 is 0. The first-order valence-corrected chi connectivity index (χ1v) is 0. The van der Waals surface area contributed by atoms with Crippen molar-refractivity contribution in [3.8, 4) is 0 Å². The average Bonchev–Trinajstić information content (AvgIpc) is 0. The first-order chi connectivity index (χ1) is 0. The van der Waals surface area contributed by atoms with Crippen LogP contribution in [-0.2, 0) is 53.8 Å². The second-order valence-corrected chi connectivity index (χ2v) is 0. The van der Waals surface area contributed by atoms with Crippen molar-refractivity contribution in [1.29, 1.82) is 0 Å². The molecule has 0 aromatic carbocycles. The van der Waals surface area contributed by atoms with Gasteiger partial charge in [-0.1, -0.05) is 0 Å². The fraction of sp³-hybridized carbons (Fsp3) is 0. The van der Waals surface area contributed by atoms with Gasteiger partial charge in [-0.25, -0.2) is 0 Å². The van der Waals surface area contributed by atoms with E-state index >= 15 is 0 Å². The van der Waals surface area contributed by atoms with E-state index in [9.17, 15) is 0 Å². The summed E-state index contributed by atoms with van der Waals surface area (Å²) in [7, 11) is 0. The van der Waals surface area contributed by atoms with E-state index in [-0.39, 0.29) is 99.7 Å². The Bertz CT molecular complexity index is 9.61. The Morgan fingerprint density at radius 3 is 0.800 bits per heavy atom. The molecule has 29 valence electrons.